The molecule has 2 rings (SSSR count). The first-order chi connectivity index (χ1) is 11.6. The molecule has 2 aromatic rings. The summed E-state index contributed by atoms with van der Waals surface area (Å²) in [7, 11) is 1.45. The summed E-state index contributed by atoms with van der Waals surface area (Å²) in [5, 5.41) is 6.37. The number of hydrogen-bond donors (Lipinski definition) is 1. The number of thioether (sulfide) groups is 1. The second-order valence-electron chi connectivity index (χ2n) is 5.25. The highest BCUT2D eigenvalue weighted by molar-refractivity contribution is 7.99. The number of rotatable bonds is 5. The first-order valence-electron chi connectivity index (χ1n) is 7.31. The Labute approximate surface area is 145 Å². The highest BCUT2D eigenvalue weighted by atomic mass is 32.2. The van der Waals surface area contributed by atoms with Crippen molar-refractivity contribution in [2.45, 2.75) is 25.2 Å². The van der Waals surface area contributed by atoms with E-state index >= 15 is 0 Å². The van der Waals surface area contributed by atoms with E-state index in [1.165, 1.54) is 23.9 Å². The lowest BCUT2D eigenvalue weighted by atomic mass is 10.0. The van der Waals surface area contributed by atoms with Crippen LogP contribution in [0.25, 0.3) is 11.4 Å². The van der Waals surface area contributed by atoms with Gasteiger partial charge in [0.15, 0.2) is 5.82 Å². The summed E-state index contributed by atoms with van der Waals surface area (Å²) in [6.07, 6.45) is -4.36. The molecule has 0 spiro atoms. The number of nitrogens with one attached hydrogen (secondary N) is 1. The van der Waals surface area contributed by atoms with Gasteiger partial charge in [0.1, 0.15) is 5.82 Å². The third kappa shape index (κ3) is 4.71. The fourth-order valence-electron chi connectivity index (χ4n) is 2.15. The van der Waals surface area contributed by atoms with Crippen LogP contribution in [0.1, 0.15) is 22.8 Å². The number of halogens is 4. The zero-order valence-corrected chi connectivity index (χ0v) is 14.6. The van der Waals surface area contributed by atoms with Crippen molar-refractivity contribution in [2.75, 3.05) is 12.3 Å². The Hall–Kier alpha value is -2.10. The molecule has 0 radical (unpaired) electrons. The molecule has 5 nitrogen and oxygen atoms in total. The largest absolute Gasteiger partial charge is 0.398 e. The third-order valence-electron chi connectivity index (χ3n) is 3.25. The SMILES string of the molecule is CCNC(=O)c1cc(-c2nc(SCC(F)(F)F)nn2C)c(F)cc1C. The number of benzene rings is 1. The van der Waals surface area contributed by atoms with E-state index in [2.05, 4.69) is 15.4 Å². The monoisotopic (exact) mass is 376 g/mol. The maximum atomic E-state index is 14.3. The second kappa shape index (κ2) is 7.42. The zero-order chi connectivity index (χ0) is 18.8. The van der Waals surface area contributed by atoms with Crippen LogP contribution in [0, 0.1) is 12.7 Å². The van der Waals surface area contributed by atoms with E-state index in [1.807, 2.05) is 0 Å². The van der Waals surface area contributed by atoms with Crippen LogP contribution >= 0.6 is 11.8 Å². The first kappa shape index (κ1) is 19.2. The summed E-state index contributed by atoms with van der Waals surface area (Å²) in [5.74, 6) is -2.09. The van der Waals surface area contributed by atoms with Gasteiger partial charge in [-0.25, -0.2) is 14.1 Å². The van der Waals surface area contributed by atoms with Crippen LogP contribution in [0.5, 0.6) is 0 Å². The second-order valence-corrected chi connectivity index (χ2v) is 6.19. The average Bonchev–Trinajstić information content (AvgIpc) is 2.86. The van der Waals surface area contributed by atoms with Crippen LogP contribution in [0.15, 0.2) is 17.3 Å². The Morgan fingerprint density at radius 1 is 1.36 bits per heavy atom. The standard InChI is InChI=1S/C15H16F4N4OS/c1-4-20-13(24)9-6-10(11(16)5-8(9)2)12-21-14(22-23(12)3)25-7-15(17,18)19/h5-6H,4,7H2,1-3H3,(H,20,24). The molecule has 1 N–H and O–H groups in total. The van der Waals surface area contributed by atoms with Crippen molar-refractivity contribution >= 4 is 17.7 Å². The molecule has 0 fully saturated rings. The van der Waals surface area contributed by atoms with Crippen molar-refractivity contribution < 1.29 is 22.4 Å². The number of carbonyl (C=O) groups is 1. The lowest BCUT2D eigenvalue weighted by molar-refractivity contribution is -0.105. The molecular formula is C15H16F4N4OS. The van der Waals surface area contributed by atoms with Crippen LogP contribution in [-0.4, -0.2) is 39.1 Å². The van der Waals surface area contributed by atoms with Gasteiger partial charge in [-0.05, 0) is 31.5 Å². The molecule has 0 aliphatic heterocycles. The molecule has 1 aromatic heterocycles. The Morgan fingerprint density at radius 2 is 2.04 bits per heavy atom. The predicted octanol–water partition coefficient (Wildman–Crippen LogP) is 3.33. The van der Waals surface area contributed by atoms with Gasteiger partial charge < -0.3 is 5.32 Å². The lowest BCUT2D eigenvalue weighted by Crippen LogP contribution is -2.23. The topological polar surface area (TPSA) is 59.8 Å². The summed E-state index contributed by atoms with van der Waals surface area (Å²) in [6.45, 7) is 3.76. The van der Waals surface area contributed by atoms with Gasteiger partial charge in [-0.15, -0.1) is 5.10 Å². The van der Waals surface area contributed by atoms with E-state index < -0.39 is 17.7 Å². The molecule has 0 saturated heterocycles. The third-order valence-corrected chi connectivity index (χ3v) is 4.15. The summed E-state index contributed by atoms with van der Waals surface area (Å²) < 4.78 is 52.4. The van der Waals surface area contributed by atoms with Crippen molar-refractivity contribution in [3.8, 4) is 11.4 Å². The molecule has 1 aromatic carbocycles. The first-order valence-corrected chi connectivity index (χ1v) is 8.30. The quantitative estimate of drug-likeness (QED) is 0.642. The van der Waals surface area contributed by atoms with Crippen molar-refractivity contribution in [3.05, 3.63) is 29.1 Å². The van der Waals surface area contributed by atoms with Gasteiger partial charge >= 0.3 is 6.18 Å². The summed E-state index contributed by atoms with van der Waals surface area (Å²) in [6, 6.07) is 2.52. The van der Waals surface area contributed by atoms with Crippen molar-refractivity contribution in [1.82, 2.24) is 20.1 Å². The van der Waals surface area contributed by atoms with Crippen molar-refractivity contribution in [2.24, 2.45) is 7.05 Å². The molecule has 136 valence electrons. The van der Waals surface area contributed by atoms with Crippen LogP contribution in [0.3, 0.4) is 0 Å². The average molecular weight is 376 g/mol. The number of aryl methyl sites for hydroxylation is 2. The Balaban J connectivity index is 2.39. The highest BCUT2D eigenvalue weighted by Gasteiger charge is 2.28. The lowest BCUT2D eigenvalue weighted by Gasteiger charge is -2.09. The number of carbonyl (C=O) groups excluding carboxylic acids is 1. The maximum Gasteiger partial charge on any atom is 0.398 e. The molecule has 0 bridgehead atoms. The molecule has 10 heteroatoms. The molecule has 0 saturated carbocycles. The van der Waals surface area contributed by atoms with Gasteiger partial charge in [0.25, 0.3) is 5.91 Å². The zero-order valence-electron chi connectivity index (χ0n) is 13.7. The van der Waals surface area contributed by atoms with Crippen molar-refractivity contribution in [3.63, 3.8) is 0 Å². The summed E-state index contributed by atoms with van der Waals surface area (Å²) in [5.41, 5.74) is 0.715. The van der Waals surface area contributed by atoms with Gasteiger partial charge in [-0.1, -0.05) is 11.8 Å². The van der Waals surface area contributed by atoms with Gasteiger partial charge in [0.05, 0.1) is 11.3 Å². The number of alkyl halides is 3. The number of hydrogen-bond acceptors (Lipinski definition) is 4. The molecule has 0 unspecified atom stereocenters. The van der Waals surface area contributed by atoms with Crippen molar-refractivity contribution in [1.29, 1.82) is 0 Å². The minimum Gasteiger partial charge on any atom is -0.352 e. The van der Waals surface area contributed by atoms with Crippen LogP contribution < -0.4 is 5.32 Å². The van der Waals surface area contributed by atoms with E-state index in [9.17, 15) is 22.4 Å². The molecule has 0 aliphatic carbocycles. The fraction of sp³-hybridized carbons (Fsp3) is 0.400. The minimum atomic E-state index is -4.36. The molecule has 1 heterocycles. The highest BCUT2D eigenvalue weighted by Crippen LogP contribution is 2.29. The van der Waals surface area contributed by atoms with Crippen LogP contribution in [0.4, 0.5) is 17.6 Å². The van der Waals surface area contributed by atoms with Crippen LogP contribution in [-0.2, 0) is 7.05 Å². The number of amides is 1. The van der Waals surface area contributed by atoms with Gasteiger partial charge in [-0.2, -0.15) is 13.2 Å². The minimum absolute atomic E-state index is 0.000659. The smallest absolute Gasteiger partial charge is 0.352 e. The Kier molecular flexibility index (Phi) is 5.71. The van der Waals surface area contributed by atoms with Gasteiger partial charge in [0.2, 0.25) is 5.16 Å². The predicted molar refractivity (Wildman–Crippen MR) is 85.9 cm³/mol. The van der Waals surface area contributed by atoms with E-state index in [4.69, 9.17) is 0 Å². The molecule has 25 heavy (non-hydrogen) atoms. The van der Waals surface area contributed by atoms with E-state index in [-0.39, 0.29) is 28.0 Å². The number of nitrogens with zero attached hydrogens (tertiary/aromatic N) is 3. The number of aromatic nitrogens is 3. The fourth-order valence-corrected chi connectivity index (χ4v) is 2.77. The molecule has 0 atom stereocenters. The summed E-state index contributed by atoms with van der Waals surface area (Å²) >= 11 is 0.415. The summed E-state index contributed by atoms with van der Waals surface area (Å²) in [4.78, 5) is 16.0. The van der Waals surface area contributed by atoms with E-state index in [0.717, 1.165) is 0 Å². The Morgan fingerprint density at radius 3 is 2.64 bits per heavy atom. The Bertz CT molecular complexity index is 789. The molecule has 1 amide bonds. The molecule has 0 aliphatic rings. The van der Waals surface area contributed by atoms with Crippen LogP contribution in [0.2, 0.25) is 0 Å². The normalized spacial score (nSPS) is 11.6. The van der Waals surface area contributed by atoms with E-state index in [1.54, 1.807) is 13.8 Å². The molecular weight excluding hydrogens is 360 g/mol. The van der Waals surface area contributed by atoms with E-state index in [0.29, 0.717) is 23.9 Å². The maximum absolute atomic E-state index is 14.3. The van der Waals surface area contributed by atoms with Gasteiger partial charge in [0, 0.05) is 19.2 Å². The van der Waals surface area contributed by atoms with Gasteiger partial charge in [-0.3, -0.25) is 4.79 Å².